The second-order valence-corrected chi connectivity index (χ2v) is 4.02. The van der Waals surface area contributed by atoms with Crippen molar-refractivity contribution in [3.63, 3.8) is 0 Å². The minimum Gasteiger partial charge on any atom is -0.396 e. The van der Waals surface area contributed by atoms with Gasteiger partial charge in [0, 0.05) is 13.2 Å². The summed E-state index contributed by atoms with van der Waals surface area (Å²) in [5, 5.41) is 12.6. The Kier molecular flexibility index (Phi) is 3.21. The molecule has 2 heterocycles. The molecule has 6 nitrogen and oxygen atoms in total. The summed E-state index contributed by atoms with van der Waals surface area (Å²) < 4.78 is 5.27. The van der Waals surface area contributed by atoms with Crippen LogP contribution >= 0.6 is 0 Å². The minimum absolute atomic E-state index is 0.0457. The molecule has 1 aliphatic heterocycles. The molecule has 1 aromatic heterocycles. The number of aliphatic hydroxyl groups is 1. The molecule has 1 fully saturated rings. The molecule has 88 valence electrons. The molecule has 1 saturated heterocycles. The Hall–Kier alpha value is -1.40. The highest BCUT2D eigenvalue weighted by molar-refractivity contribution is 5.37. The normalized spacial score (nSPS) is 19.3. The number of nitrogens with two attached hydrogens (primary N) is 1. The van der Waals surface area contributed by atoms with Crippen LogP contribution in [0.1, 0.15) is 12.8 Å². The van der Waals surface area contributed by atoms with Crippen molar-refractivity contribution in [2.75, 3.05) is 30.9 Å². The number of rotatable bonds is 3. The third kappa shape index (κ3) is 2.40. The number of nitrogens with one attached hydrogen (secondary N) is 1. The summed E-state index contributed by atoms with van der Waals surface area (Å²) in [5.41, 5.74) is 5.66. The summed E-state index contributed by atoms with van der Waals surface area (Å²) in [5.74, 6) is 0.491. The lowest BCUT2D eigenvalue weighted by Crippen LogP contribution is -2.47. The molecule has 16 heavy (non-hydrogen) atoms. The number of hydrogen-bond donors (Lipinski definition) is 3. The monoisotopic (exact) mass is 224 g/mol. The van der Waals surface area contributed by atoms with Gasteiger partial charge in [0.25, 0.3) is 0 Å². The van der Waals surface area contributed by atoms with E-state index < -0.39 is 0 Å². The highest BCUT2D eigenvalue weighted by Crippen LogP contribution is 2.23. The maximum absolute atomic E-state index is 9.46. The van der Waals surface area contributed by atoms with Crippen LogP contribution in [-0.2, 0) is 4.74 Å². The van der Waals surface area contributed by atoms with Gasteiger partial charge >= 0.3 is 0 Å². The Balaban J connectivity index is 2.08. The maximum atomic E-state index is 9.46. The predicted molar refractivity (Wildman–Crippen MR) is 59.9 cm³/mol. The molecular formula is C10H16N4O2. The van der Waals surface area contributed by atoms with Gasteiger partial charge < -0.3 is 20.9 Å². The van der Waals surface area contributed by atoms with Gasteiger partial charge in [-0.15, -0.1) is 0 Å². The smallest absolute Gasteiger partial charge is 0.223 e. The molecule has 2 rings (SSSR count). The van der Waals surface area contributed by atoms with E-state index in [0.717, 1.165) is 12.8 Å². The first-order valence-corrected chi connectivity index (χ1v) is 5.28. The van der Waals surface area contributed by atoms with Crippen LogP contribution in [0.4, 0.5) is 11.6 Å². The third-order valence-corrected chi connectivity index (χ3v) is 2.80. The molecule has 0 spiro atoms. The van der Waals surface area contributed by atoms with Gasteiger partial charge in [0.1, 0.15) is 0 Å². The van der Waals surface area contributed by atoms with Crippen molar-refractivity contribution in [1.29, 1.82) is 0 Å². The number of aromatic nitrogens is 2. The Morgan fingerprint density at radius 2 is 2.00 bits per heavy atom. The van der Waals surface area contributed by atoms with Gasteiger partial charge in [0.15, 0.2) is 0 Å². The van der Waals surface area contributed by atoms with E-state index in [0.29, 0.717) is 24.8 Å². The van der Waals surface area contributed by atoms with E-state index in [-0.39, 0.29) is 12.1 Å². The summed E-state index contributed by atoms with van der Waals surface area (Å²) in [6.07, 6.45) is 4.58. The van der Waals surface area contributed by atoms with Crippen LogP contribution in [0.5, 0.6) is 0 Å². The van der Waals surface area contributed by atoms with Crippen LogP contribution in [0, 0.1) is 0 Å². The van der Waals surface area contributed by atoms with E-state index in [2.05, 4.69) is 15.3 Å². The first kappa shape index (κ1) is 11.1. The van der Waals surface area contributed by atoms with Gasteiger partial charge in [-0.1, -0.05) is 0 Å². The molecule has 6 heteroatoms. The Labute approximate surface area is 93.9 Å². The van der Waals surface area contributed by atoms with Crippen LogP contribution in [0.15, 0.2) is 12.4 Å². The Morgan fingerprint density at radius 1 is 1.38 bits per heavy atom. The molecule has 1 aromatic rings. The van der Waals surface area contributed by atoms with Crippen molar-refractivity contribution in [2.24, 2.45) is 0 Å². The van der Waals surface area contributed by atoms with Crippen molar-refractivity contribution >= 4 is 11.6 Å². The van der Waals surface area contributed by atoms with Crippen molar-refractivity contribution in [1.82, 2.24) is 9.97 Å². The first-order valence-electron chi connectivity index (χ1n) is 5.28. The van der Waals surface area contributed by atoms with E-state index in [4.69, 9.17) is 10.5 Å². The molecule has 1 aliphatic rings. The molecule has 0 atom stereocenters. The van der Waals surface area contributed by atoms with Crippen LogP contribution in [0.3, 0.4) is 0 Å². The highest BCUT2D eigenvalue weighted by atomic mass is 16.5. The van der Waals surface area contributed by atoms with E-state index in [1.54, 1.807) is 12.4 Å². The standard InChI is InChI=1S/C10H16N4O2/c11-8-5-12-9(13-6-8)14-10(7-15)1-3-16-4-2-10/h5-6,15H,1-4,7,11H2,(H,12,13,14). The van der Waals surface area contributed by atoms with Gasteiger partial charge in [-0.2, -0.15) is 0 Å². The lowest BCUT2D eigenvalue weighted by Gasteiger charge is -2.36. The molecule has 4 N–H and O–H groups in total. The van der Waals surface area contributed by atoms with E-state index in [1.165, 1.54) is 0 Å². The van der Waals surface area contributed by atoms with Crippen LogP contribution in [-0.4, -0.2) is 40.4 Å². The van der Waals surface area contributed by atoms with Gasteiger partial charge in [-0.05, 0) is 12.8 Å². The van der Waals surface area contributed by atoms with Gasteiger partial charge in [-0.3, -0.25) is 0 Å². The largest absolute Gasteiger partial charge is 0.396 e. The van der Waals surface area contributed by atoms with Crippen molar-refractivity contribution in [3.05, 3.63) is 12.4 Å². The molecule has 0 aliphatic carbocycles. The number of nitrogens with zero attached hydrogens (tertiary/aromatic N) is 2. The zero-order chi connectivity index (χ0) is 11.4. The molecule has 0 radical (unpaired) electrons. The molecule has 0 unspecified atom stereocenters. The molecular weight excluding hydrogens is 208 g/mol. The topological polar surface area (TPSA) is 93.3 Å². The number of anilines is 2. The van der Waals surface area contributed by atoms with Crippen LogP contribution in [0.25, 0.3) is 0 Å². The minimum atomic E-state index is -0.367. The summed E-state index contributed by atoms with van der Waals surface area (Å²) in [6.45, 7) is 1.33. The zero-order valence-corrected chi connectivity index (χ0v) is 9.02. The maximum Gasteiger partial charge on any atom is 0.223 e. The number of nitrogen functional groups attached to an aromatic ring is 1. The van der Waals surface area contributed by atoms with Crippen LogP contribution < -0.4 is 11.1 Å². The Morgan fingerprint density at radius 3 is 2.56 bits per heavy atom. The quantitative estimate of drug-likeness (QED) is 0.669. The van der Waals surface area contributed by atoms with Gasteiger partial charge in [0.2, 0.25) is 5.95 Å². The fraction of sp³-hybridized carbons (Fsp3) is 0.600. The Bertz CT molecular complexity index is 335. The number of ether oxygens (including phenoxy) is 1. The fourth-order valence-electron chi connectivity index (χ4n) is 1.72. The zero-order valence-electron chi connectivity index (χ0n) is 9.02. The van der Waals surface area contributed by atoms with Crippen LogP contribution in [0.2, 0.25) is 0 Å². The lowest BCUT2D eigenvalue weighted by molar-refractivity contribution is 0.0377. The second kappa shape index (κ2) is 4.63. The average Bonchev–Trinajstić information content (AvgIpc) is 2.33. The second-order valence-electron chi connectivity index (χ2n) is 4.02. The van der Waals surface area contributed by atoms with E-state index in [1.807, 2.05) is 0 Å². The van der Waals surface area contributed by atoms with Crippen molar-refractivity contribution < 1.29 is 9.84 Å². The summed E-state index contributed by atoms with van der Waals surface area (Å²) in [4.78, 5) is 8.13. The summed E-state index contributed by atoms with van der Waals surface area (Å²) in [6, 6.07) is 0. The average molecular weight is 224 g/mol. The first-order chi connectivity index (χ1) is 7.74. The fourth-order valence-corrected chi connectivity index (χ4v) is 1.72. The number of aliphatic hydroxyl groups excluding tert-OH is 1. The molecule has 0 bridgehead atoms. The van der Waals surface area contributed by atoms with E-state index in [9.17, 15) is 5.11 Å². The number of hydrogen-bond acceptors (Lipinski definition) is 6. The summed E-state index contributed by atoms with van der Waals surface area (Å²) >= 11 is 0. The van der Waals surface area contributed by atoms with Gasteiger partial charge in [-0.25, -0.2) is 9.97 Å². The lowest BCUT2D eigenvalue weighted by atomic mass is 9.91. The highest BCUT2D eigenvalue weighted by Gasteiger charge is 2.32. The van der Waals surface area contributed by atoms with Crippen molar-refractivity contribution in [2.45, 2.75) is 18.4 Å². The third-order valence-electron chi connectivity index (χ3n) is 2.80. The molecule has 0 aromatic carbocycles. The SMILES string of the molecule is Nc1cnc(NC2(CO)CCOCC2)nc1. The molecule has 0 saturated carbocycles. The summed E-state index contributed by atoms with van der Waals surface area (Å²) in [7, 11) is 0. The van der Waals surface area contributed by atoms with Gasteiger partial charge in [0.05, 0.1) is 30.2 Å². The molecule has 0 amide bonds. The predicted octanol–water partition coefficient (Wildman–Crippen LogP) is 0.0122. The van der Waals surface area contributed by atoms with Crippen molar-refractivity contribution in [3.8, 4) is 0 Å². The van der Waals surface area contributed by atoms with E-state index >= 15 is 0 Å².